The molecule has 0 radical (unpaired) electrons. The fraction of sp³-hybridized carbons (Fsp3) is 0.722. The average molecular weight is 336 g/mol. The Labute approximate surface area is 143 Å². The van der Waals surface area contributed by atoms with Gasteiger partial charge in [0, 0.05) is 39.3 Å². The number of rotatable bonds is 5. The zero-order valence-electron chi connectivity index (χ0n) is 14.9. The van der Waals surface area contributed by atoms with Crippen molar-refractivity contribution in [2.24, 2.45) is 5.92 Å². The van der Waals surface area contributed by atoms with Crippen LogP contribution in [0.25, 0.3) is 0 Å². The molecule has 0 aliphatic carbocycles. The number of methoxy groups -OCH3 is 1. The lowest BCUT2D eigenvalue weighted by molar-refractivity contribution is 0.0103. The lowest BCUT2D eigenvalue weighted by Crippen LogP contribution is -2.47. The zero-order valence-corrected chi connectivity index (χ0v) is 14.9. The van der Waals surface area contributed by atoms with Gasteiger partial charge in [-0.25, -0.2) is 0 Å². The third-order valence-corrected chi connectivity index (χ3v) is 5.22. The van der Waals surface area contributed by atoms with Crippen LogP contribution in [0.4, 0.5) is 0 Å². The van der Waals surface area contributed by atoms with Crippen LogP contribution in [0, 0.1) is 12.8 Å². The van der Waals surface area contributed by atoms with E-state index < -0.39 is 0 Å². The Bertz CT molecular complexity index is 565. The summed E-state index contributed by atoms with van der Waals surface area (Å²) in [5.74, 6) is 1.98. The van der Waals surface area contributed by atoms with Crippen LogP contribution in [-0.4, -0.2) is 68.3 Å². The average Bonchev–Trinajstić information content (AvgIpc) is 3.19. The van der Waals surface area contributed by atoms with Crippen molar-refractivity contribution in [2.75, 3.05) is 46.5 Å². The van der Waals surface area contributed by atoms with E-state index in [9.17, 15) is 4.79 Å². The predicted molar refractivity (Wildman–Crippen MR) is 90.0 cm³/mol. The number of hydrogen-bond donors (Lipinski definition) is 0. The molecule has 6 heteroatoms. The topological polar surface area (TPSA) is 55.2 Å². The Balaban J connectivity index is 1.71. The van der Waals surface area contributed by atoms with E-state index in [-0.39, 0.29) is 5.91 Å². The maximum Gasteiger partial charge on any atom is 0.257 e. The molecule has 2 fully saturated rings. The van der Waals surface area contributed by atoms with Gasteiger partial charge in [-0.15, -0.1) is 0 Å². The smallest absolute Gasteiger partial charge is 0.257 e. The van der Waals surface area contributed by atoms with Gasteiger partial charge in [0.1, 0.15) is 18.1 Å². The third-order valence-electron chi connectivity index (χ3n) is 5.22. The maximum atomic E-state index is 13.0. The van der Waals surface area contributed by atoms with Gasteiger partial charge in [-0.2, -0.15) is 0 Å². The molecule has 2 aliphatic heterocycles. The number of carbonyl (C=O) groups is 1. The molecule has 0 aromatic carbocycles. The summed E-state index contributed by atoms with van der Waals surface area (Å²) in [6.45, 7) is 9.58. The maximum absolute atomic E-state index is 13.0. The number of likely N-dealkylation sites (tertiary alicyclic amines) is 1. The van der Waals surface area contributed by atoms with E-state index in [2.05, 4.69) is 11.8 Å². The Kier molecular flexibility index (Phi) is 5.58. The van der Waals surface area contributed by atoms with Crippen molar-refractivity contribution in [1.29, 1.82) is 0 Å². The Morgan fingerprint density at radius 2 is 2.08 bits per heavy atom. The van der Waals surface area contributed by atoms with Gasteiger partial charge in [-0.05, 0) is 18.9 Å². The summed E-state index contributed by atoms with van der Waals surface area (Å²) in [5.41, 5.74) is 0.666. The van der Waals surface area contributed by atoms with Crippen molar-refractivity contribution < 1.29 is 18.7 Å². The number of ether oxygens (including phenoxy) is 2. The second kappa shape index (κ2) is 7.68. The van der Waals surface area contributed by atoms with Gasteiger partial charge in [-0.3, -0.25) is 9.69 Å². The molecule has 134 valence electrons. The standard InChI is InChI=1S/C18H28N2O4/c1-4-14-10-20(11-17(14)19-5-7-23-8-6-19)18(21)16-9-15(12-22-3)24-13(16)2/h9,14,17H,4-8,10-12H2,1-3H3/t14-,17+/m1/s1. The first kappa shape index (κ1) is 17.5. The second-order valence-electron chi connectivity index (χ2n) is 6.71. The lowest BCUT2D eigenvalue weighted by atomic mass is 9.99. The quantitative estimate of drug-likeness (QED) is 0.822. The molecule has 2 atom stereocenters. The van der Waals surface area contributed by atoms with Gasteiger partial charge in [0.15, 0.2) is 0 Å². The summed E-state index contributed by atoms with van der Waals surface area (Å²) in [7, 11) is 1.62. The normalized spacial score (nSPS) is 25.4. The lowest BCUT2D eigenvalue weighted by Gasteiger charge is -2.34. The van der Waals surface area contributed by atoms with E-state index in [4.69, 9.17) is 13.9 Å². The van der Waals surface area contributed by atoms with Crippen LogP contribution in [0.15, 0.2) is 10.5 Å². The van der Waals surface area contributed by atoms with Gasteiger partial charge in [0.05, 0.1) is 18.8 Å². The molecule has 0 saturated carbocycles. The van der Waals surface area contributed by atoms with Crippen molar-refractivity contribution in [3.8, 4) is 0 Å². The van der Waals surface area contributed by atoms with Crippen LogP contribution in [-0.2, 0) is 16.1 Å². The number of nitrogens with zero attached hydrogens (tertiary/aromatic N) is 2. The van der Waals surface area contributed by atoms with Gasteiger partial charge in [0.25, 0.3) is 5.91 Å². The Morgan fingerprint density at radius 1 is 1.33 bits per heavy atom. The van der Waals surface area contributed by atoms with Gasteiger partial charge >= 0.3 is 0 Å². The second-order valence-corrected chi connectivity index (χ2v) is 6.71. The van der Waals surface area contributed by atoms with Gasteiger partial charge in [0.2, 0.25) is 0 Å². The SMILES string of the molecule is CC[C@@H]1CN(C(=O)c2cc(COC)oc2C)C[C@@H]1N1CCOCC1. The van der Waals surface area contributed by atoms with Crippen LogP contribution in [0.3, 0.4) is 0 Å². The zero-order chi connectivity index (χ0) is 17.1. The molecule has 3 heterocycles. The van der Waals surface area contributed by atoms with Crippen molar-refractivity contribution in [3.05, 3.63) is 23.2 Å². The van der Waals surface area contributed by atoms with Crippen molar-refractivity contribution in [2.45, 2.75) is 32.9 Å². The van der Waals surface area contributed by atoms with Gasteiger partial charge in [-0.1, -0.05) is 13.3 Å². The molecule has 1 aromatic rings. The minimum absolute atomic E-state index is 0.0767. The highest BCUT2D eigenvalue weighted by Gasteiger charge is 2.38. The molecule has 0 bridgehead atoms. The molecule has 0 spiro atoms. The predicted octanol–water partition coefficient (Wildman–Crippen LogP) is 1.92. The monoisotopic (exact) mass is 336 g/mol. The largest absolute Gasteiger partial charge is 0.463 e. The van der Waals surface area contributed by atoms with E-state index in [0.717, 1.165) is 45.8 Å². The van der Waals surface area contributed by atoms with Crippen LogP contribution in [0.1, 0.15) is 35.2 Å². The van der Waals surface area contributed by atoms with Crippen molar-refractivity contribution in [3.63, 3.8) is 0 Å². The minimum Gasteiger partial charge on any atom is -0.463 e. The summed E-state index contributed by atoms with van der Waals surface area (Å²) in [6.07, 6.45) is 1.09. The van der Waals surface area contributed by atoms with Crippen LogP contribution < -0.4 is 0 Å². The molecule has 1 aromatic heterocycles. The summed E-state index contributed by atoms with van der Waals surface area (Å²) in [5, 5.41) is 0. The first-order valence-corrected chi connectivity index (χ1v) is 8.83. The van der Waals surface area contributed by atoms with Crippen LogP contribution >= 0.6 is 0 Å². The minimum atomic E-state index is 0.0767. The molecular formula is C18H28N2O4. The van der Waals surface area contributed by atoms with Crippen molar-refractivity contribution >= 4 is 5.91 Å². The molecule has 1 amide bonds. The molecule has 6 nitrogen and oxygen atoms in total. The fourth-order valence-corrected chi connectivity index (χ4v) is 3.88. The number of aryl methyl sites for hydroxylation is 1. The summed E-state index contributed by atoms with van der Waals surface area (Å²) in [4.78, 5) is 17.4. The number of hydrogen-bond acceptors (Lipinski definition) is 5. The number of carbonyl (C=O) groups excluding carboxylic acids is 1. The highest BCUT2D eigenvalue weighted by molar-refractivity contribution is 5.95. The number of amides is 1. The first-order chi connectivity index (χ1) is 11.6. The van der Waals surface area contributed by atoms with E-state index in [1.807, 2.05) is 17.9 Å². The number of morpholine rings is 1. The summed E-state index contributed by atoms with van der Waals surface area (Å²) < 4.78 is 16.2. The van der Waals surface area contributed by atoms with E-state index in [0.29, 0.717) is 35.7 Å². The molecular weight excluding hydrogens is 308 g/mol. The highest BCUT2D eigenvalue weighted by Crippen LogP contribution is 2.28. The third kappa shape index (κ3) is 3.50. The molecule has 2 saturated heterocycles. The van der Waals surface area contributed by atoms with Gasteiger partial charge < -0.3 is 18.8 Å². The van der Waals surface area contributed by atoms with E-state index >= 15 is 0 Å². The van der Waals surface area contributed by atoms with E-state index in [1.165, 1.54) is 0 Å². The molecule has 0 N–H and O–H groups in total. The molecule has 3 rings (SSSR count). The molecule has 0 unspecified atom stereocenters. The van der Waals surface area contributed by atoms with E-state index in [1.54, 1.807) is 7.11 Å². The summed E-state index contributed by atoms with van der Waals surface area (Å²) in [6, 6.07) is 2.26. The first-order valence-electron chi connectivity index (χ1n) is 8.83. The fourth-order valence-electron chi connectivity index (χ4n) is 3.88. The Morgan fingerprint density at radius 3 is 2.75 bits per heavy atom. The van der Waals surface area contributed by atoms with Crippen LogP contribution in [0.2, 0.25) is 0 Å². The van der Waals surface area contributed by atoms with Crippen LogP contribution in [0.5, 0.6) is 0 Å². The molecule has 2 aliphatic rings. The Hall–Kier alpha value is -1.37. The number of furan rings is 1. The van der Waals surface area contributed by atoms with Crippen molar-refractivity contribution in [1.82, 2.24) is 9.80 Å². The summed E-state index contributed by atoms with van der Waals surface area (Å²) >= 11 is 0. The molecule has 24 heavy (non-hydrogen) atoms. The highest BCUT2D eigenvalue weighted by atomic mass is 16.5.